The van der Waals surface area contributed by atoms with Crippen molar-refractivity contribution in [2.24, 2.45) is 5.73 Å². The van der Waals surface area contributed by atoms with E-state index in [1.54, 1.807) is 0 Å². The second-order valence-electron chi connectivity index (χ2n) is 10.7. The second-order valence-corrected chi connectivity index (χ2v) is 10.7. The summed E-state index contributed by atoms with van der Waals surface area (Å²) in [5, 5.41) is 4.22. The molecule has 0 radical (unpaired) electrons. The third-order valence-corrected chi connectivity index (χ3v) is 8.13. The number of hydrogen-bond donors (Lipinski definition) is 3. The minimum absolute atomic E-state index is 0.0701. The highest BCUT2D eigenvalue weighted by molar-refractivity contribution is 6.09. The van der Waals surface area contributed by atoms with E-state index in [0.717, 1.165) is 88.5 Å². The van der Waals surface area contributed by atoms with E-state index in [0.29, 0.717) is 12.0 Å². The maximum Gasteiger partial charge on any atom is 0.251 e. The van der Waals surface area contributed by atoms with Crippen molar-refractivity contribution in [3.8, 4) is 11.1 Å². The van der Waals surface area contributed by atoms with Gasteiger partial charge in [0.1, 0.15) is 5.82 Å². The number of fused-ring (bicyclic) bond motifs is 1. The first-order chi connectivity index (χ1) is 18.7. The van der Waals surface area contributed by atoms with Gasteiger partial charge in [0, 0.05) is 78.3 Å². The molecule has 4 N–H and O–H groups in total. The number of piperazine rings is 1. The smallest absolute Gasteiger partial charge is 0.251 e. The van der Waals surface area contributed by atoms with Crippen LogP contribution < -0.4 is 21.5 Å². The summed E-state index contributed by atoms with van der Waals surface area (Å²) in [7, 11) is 0. The number of hydrogen-bond acceptors (Lipinski definition) is 5. The number of aromatic amines is 1. The Morgan fingerprint density at radius 2 is 1.85 bits per heavy atom. The first-order valence-electron chi connectivity index (χ1n) is 13.8. The number of aromatic nitrogens is 3. The lowest BCUT2D eigenvalue weighted by molar-refractivity contribution is 0.100. The molecule has 4 aromatic rings. The van der Waals surface area contributed by atoms with Gasteiger partial charge in [-0.2, -0.15) is 0 Å². The Morgan fingerprint density at radius 1 is 1.10 bits per heavy atom. The highest BCUT2D eigenvalue weighted by atomic mass is 16.1. The quantitative estimate of drug-likeness (QED) is 0.331. The number of amides is 1. The number of aryl methyl sites for hydroxylation is 3. The van der Waals surface area contributed by atoms with Crippen LogP contribution in [-0.4, -0.2) is 46.6 Å². The van der Waals surface area contributed by atoms with Crippen LogP contribution in [0.25, 0.3) is 22.0 Å². The summed E-state index contributed by atoms with van der Waals surface area (Å²) in [6.45, 7) is 14.0. The summed E-state index contributed by atoms with van der Waals surface area (Å²) in [5.74, 6) is 0.490. The summed E-state index contributed by atoms with van der Waals surface area (Å²) >= 11 is 0. The van der Waals surface area contributed by atoms with Gasteiger partial charge >= 0.3 is 0 Å². The van der Waals surface area contributed by atoms with Crippen LogP contribution >= 0.6 is 0 Å². The van der Waals surface area contributed by atoms with Gasteiger partial charge in [-0.15, -0.1) is 0 Å². The largest absolute Gasteiger partial charge is 0.366 e. The van der Waals surface area contributed by atoms with Crippen molar-refractivity contribution >= 4 is 22.6 Å². The Labute approximate surface area is 229 Å². The molecular formula is C31H38N6O2. The lowest BCUT2D eigenvalue weighted by Gasteiger charge is -2.28. The summed E-state index contributed by atoms with van der Waals surface area (Å²) < 4.78 is 2.29. The summed E-state index contributed by atoms with van der Waals surface area (Å²) in [5.41, 5.74) is 13.7. The second kappa shape index (κ2) is 10.7. The van der Waals surface area contributed by atoms with Crippen molar-refractivity contribution in [3.05, 3.63) is 80.5 Å². The number of rotatable bonds is 7. The zero-order valence-corrected chi connectivity index (χ0v) is 23.5. The third kappa shape index (κ3) is 4.96. The Kier molecular flexibility index (Phi) is 7.32. The summed E-state index contributed by atoms with van der Waals surface area (Å²) in [6, 6.07) is 10.3. The Morgan fingerprint density at radius 3 is 2.46 bits per heavy atom. The number of benzene rings is 1. The zero-order chi connectivity index (χ0) is 27.8. The molecule has 1 saturated heterocycles. The normalized spacial score (nSPS) is 14.6. The number of H-pyrrole nitrogens is 1. The van der Waals surface area contributed by atoms with Crippen molar-refractivity contribution in [1.82, 2.24) is 19.9 Å². The molecule has 0 spiro atoms. The monoisotopic (exact) mass is 526 g/mol. The van der Waals surface area contributed by atoms with Crippen LogP contribution in [0.15, 0.2) is 41.3 Å². The number of pyridine rings is 2. The lowest BCUT2D eigenvalue weighted by atomic mass is 9.97. The van der Waals surface area contributed by atoms with E-state index < -0.39 is 5.91 Å². The molecule has 0 unspecified atom stereocenters. The maximum atomic E-state index is 12.9. The number of carbonyl (C=O) groups excluding carboxylic acids is 1. The van der Waals surface area contributed by atoms with Gasteiger partial charge in [-0.1, -0.05) is 6.92 Å². The average molecular weight is 527 g/mol. The van der Waals surface area contributed by atoms with E-state index in [-0.39, 0.29) is 11.6 Å². The molecule has 39 heavy (non-hydrogen) atoms. The van der Waals surface area contributed by atoms with Gasteiger partial charge in [-0.05, 0) is 81.1 Å². The highest BCUT2D eigenvalue weighted by Gasteiger charge is 2.24. The Hall–Kier alpha value is -3.91. The summed E-state index contributed by atoms with van der Waals surface area (Å²) in [4.78, 5) is 35.7. The first-order valence-corrected chi connectivity index (χ1v) is 13.8. The SMILES string of the molecule is CC[C@H](C)n1c(Cc2c(C)cc(C)[nH]c2=O)c(C)c2c(C(N)=O)cc(-c3ccc(N4CCNCC4)nc3)cc21. The minimum atomic E-state index is -0.465. The molecule has 1 atom stereocenters. The van der Waals surface area contributed by atoms with E-state index in [4.69, 9.17) is 10.7 Å². The molecule has 0 bridgehead atoms. The maximum absolute atomic E-state index is 12.9. The molecule has 1 aromatic carbocycles. The van der Waals surface area contributed by atoms with E-state index in [1.807, 2.05) is 45.2 Å². The van der Waals surface area contributed by atoms with E-state index >= 15 is 0 Å². The predicted octanol–water partition coefficient (Wildman–Crippen LogP) is 4.39. The molecule has 5 rings (SSSR count). The van der Waals surface area contributed by atoms with Gasteiger partial charge in [0.25, 0.3) is 5.56 Å². The number of nitrogens with zero attached hydrogens (tertiary/aromatic N) is 3. The predicted molar refractivity (Wildman–Crippen MR) is 158 cm³/mol. The number of carbonyl (C=O) groups is 1. The molecule has 3 aromatic heterocycles. The van der Waals surface area contributed by atoms with Crippen LogP contribution in [0.3, 0.4) is 0 Å². The topological polar surface area (TPSA) is 109 Å². The summed E-state index contributed by atoms with van der Waals surface area (Å²) in [6.07, 6.45) is 3.25. The molecule has 8 heteroatoms. The number of primary amides is 1. The van der Waals surface area contributed by atoms with Gasteiger partial charge in [-0.3, -0.25) is 9.59 Å². The van der Waals surface area contributed by atoms with Crippen molar-refractivity contribution in [1.29, 1.82) is 0 Å². The molecule has 0 aliphatic carbocycles. The molecule has 1 amide bonds. The average Bonchev–Trinajstić information content (AvgIpc) is 3.21. The van der Waals surface area contributed by atoms with Gasteiger partial charge < -0.3 is 25.5 Å². The molecule has 8 nitrogen and oxygen atoms in total. The number of anilines is 1. The Balaban J connectivity index is 1.68. The first kappa shape index (κ1) is 26.7. The van der Waals surface area contributed by atoms with Crippen molar-refractivity contribution in [2.75, 3.05) is 31.1 Å². The van der Waals surface area contributed by atoms with E-state index in [1.165, 1.54) is 0 Å². The number of nitrogens with one attached hydrogen (secondary N) is 2. The van der Waals surface area contributed by atoms with Gasteiger partial charge in [0.15, 0.2) is 0 Å². The van der Waals surface area contributed by atoms with Crippen molar-refractivity contribution < 1.29 is 4.79 Å². The van der Waals surface area contributed by atoms with Gasteiger partial charge in [-0.25, -0.2) is 4.98 Å². The molecule has 204 valence electrons. The van der Waals surface area contributed by atoms with Gasteiger partial charge in [0.2, 0.25) is 5.91 Å². The highest BCUT2D eigenvalue weighted by Crippen LogP contribution is 2.37. The van der Waals surface area contributed by atoms with Crippen molar-refractivity contribution in [3.63, 3.8) is 0 Å². The fourth-order valence-corrected chi connectivity index (χ4v) is 5.85. The fraction of sp³-hybridized carbons (Fsp3) is 0.387. The lowest BCUT2D eigenvalue weighted by Crippen LogP contribution is -2.43. The molecule has 4 heterocycles. The molecule has 1 aliphatic heterocycles. The third-order valence-electron chi connectivity index (χ3n) is 8.13. The fourth-order valence-electron chi connectivity index (χ4n) is 5.85. The van der Waals surface area contributed by atoms with Gasteiger partial charge in [0.05, 0.1) is 5.52 Å². The van der Waals surface area contributed by atoms with E-state index in [2.05, 4.69) is 45.7 Å². The van der Waals surface area contributed by atoms with Crippen LogP contribution in [0.1, 0.15) is 64.7 Å². The number of nitrogens with two attached hydrogens (primary N) is 1. The zero-order valence-electron chi connectivity index (χ0n) is 23.5. The van der Waals surface area contributed by atoms with Crippen LogP contribution in [0.2, 0.25) is 0 Å². The van der Waals surface area contributed by atoms with Crippen LogP contribution in [0.5, 0.6) is 0 Å². The molecule has 1 fully saturated rings. The minimum Gasteiger partial charge on any atom is -0.366 e. The standard InChI is InChI=1S/C31H38N6O2/c1-6-20(4)37-26(16-24-18(2)13-19(3)35-31(24)39)21(5)29-25(30(32)38)14-23(15-27(29)37)22-7-8-28(34-17-22)36-11-9-33-10-12-36/h7-8,13-15,17,20,33H,6,9-12,16H2,1-5H3,(H2,32,38)(H,35,39)/t20-/m0/s1. The van der Waals surface area contributed by atoms with Crippen LogP contribution in [0.4, 0.5) is 5.82 Å². The van der Waals surface area contributed by atoms with Crippen LogP contribution in [0, 0.1) is 20.8 Å². The van der Waals surface area contributed by atoms with Crippen molar-refractivity contribution in [2.45, 2.75) is 53.5 Å². The molecular weight excluding hydrogens is 488 g/mol. The van der Waals surface area contributed by atoms with E-state index in [9.17, 15) is 9.59 Å². The van der Waals surface area contributed by atoms with Crippen LogP contribution in [-0.2, 0) is 6.42 Å². The Bertz CT molecular complexity index is 1590. The molecule has 1 aliphatic rings. The molecule has 0 saturated carbocycles.